The van der Waals surface area contributed by atoms with Crippen LogP contribution in [0.4, 0.5) is 0 Å². The number of aromatic nitrogens is 1. The predicted octanol–water partition coefficient (Wildman–Crippen LogP) is 0.172. The molecule has 5 heteroatoms. The Bertz CT molecular complexity index is 414. The first-order chi connectivity index (χ1) is 7.91. The lowest BCUT2D eigenvalue weighted by atomic mass is 10.0. The molecule has 0 bridgehead atoms. The van der Waals surface area contributed by atoms with Crippen molar-refractivity contribution in [1.29, 1.82) is 0 Å². The van der Waals surface area contributed by atoms with Crippen molar-refractivity contribution in [3.05, 3.63) is 29.1 Å². The lowest BCUT2D eigenvalue weighted by molar-refractivity contribution is 0.0723. The molecule has 1 amide bonds. The molecule has 0 spiro atoms. The van der Waals surface area contributed by atoms with Gasteiger partial charge >= 0.3 is 0 Å². The zero-order valence-electron chi connectivity index (χ0n) is 10.3. The Hall–Kier alpha value is -1.46. The molecule has 0 radical (unpaired) electrons. The monoisotopic (exact) mass is 238 g/mol. The van der Waals surface area contributed by atoms with Crippen LogP contribution in [0.3, 0.4) is 0 Å². The van der Waals surface area contributed by atoms with Crippen molar-refractivity contribution >= 4 is 5.91 Å². The molecule has 3 N–H and O–H groups in total. The number of aliphatic hydroxyl groups is 2. The van der Waals surface area contributed by atoms with Gasteiger partial charge in [-0.1, -0.05) is 0 Å². The maximum absolute atomic E-state index is 11.9. The molecule has 94 valence electrons. The lowest BCUT2D eigenvalue weighted by Gasteiger charge is -2.26. The minimum atomic E-state index is -1.02. The summed E-state index contributed by atoms with van der Waals surface area (Å²) in [5.41, 5.74) is 0.893. The summed E-state index contributed by atoms with van der Waals surface area (Å²) in [6.45, 7) is 4.51. The highest BCUT2D eigenvalue weighted by Crippen LogP contribution is 2.09. The maximum Gasteiger partial charge on any atom is 0.253 e. The van der Waals surface area contributed by atoms with E-state index in [0.29, 0.717) is 11.3 Å². The number of aryl methyl sites for hydroxylation is 2. The summed E-state index contributed by atoms with van der Waals surface area (Å²) < 4.78 is 0. The molecule has 1 aromatic heterocycles. The Morgan fingerprint density at radius 1 is 1.35 bits per heavy atom. The van der Waals surface area contributed by atoms with Gasteiger partial charge in [-0.25, -0.2) is 0 Å². The number of carbonyl (C=O) groups is 1. The summed E-state index contributed by atoms with van der Waals surface area (Å²) in [7, 11) is 0. The third-order valence-electron chi connectivity index (χ3n) is 2.58. The minimum Gasteiger partial charge on any atom is -0.394 e. The van der Waals surface area contributed by atoms with Gasteiger partial charge in [0.15, 0.2) is 0 Å². The number of aliphatic hydroxyl groups excluding tert-OH is 2. The molecule has 1 aromatic rings. The first-order valence-corrected chi connectivity index (χ1v) is 5.40. The van der Waals surface area contributed by atoms with Gasteiger partial charge in [0.2, 0.25) is 0 Å². The van der Waals surface area contributed by atoms with Crippen molar-refractivity contribution in [3.63, 3.8) is 0 Å². The van der Waals surface area contributed by atoms with Gasteiger partial charge in [-0.05, 0) is 32.9 Å². The third-order valence-corrected chi connectivity index (χ3v) is 2.58. The molecule has 0 unspecified atom stereocenters. The van der Waals surface area contributed by atoms with E-state index in [1.165, 1.54) is 0 Å². The molecule has 0 aliphatic rings. The summed E-state index contributed by atoms with van der Waals surface area (Å²) in [5, 5.41) is 20.8. The summed E-state index contributed by atoms with van der Waals surface area (Å²) in [5.74, 6) is -0.347. The van der Waals surface area contributed by atoms with Crippen LogP contribution in [0, 0.1) is 13.8 Å². The number of hydrogen-bond donors (Lipinski definition) is 3. The van der Waals surface area contributed by atoms with Gasteiger partial charge in [0, 0.05) is 5.69 Å². The standard InChI is InChI=1S/C12H18N2O3/c1-8-4-5-10(9(2)13-8)11(17)14-12(3,6-15)7-16/h4-5,15-16H,6-7H2,1-3H3,(H,14,17). The maximum atomic E-state index is 11.9. The van der Waals surface area contributed by atoms with Gasteiger partial charge in [-0.2, -0.15) is 0 Å². The number of nitrogens with one attached hydrogen (secondary N) is 1. The van der Waals surface area contributed by atoms with Crippen LogP contribution in [0.5, 0.6) is 0 Å². The van der Waals surface area contributed by atoms with Gasteiger partial charge in [-0.15, -0.1) is 0 Å². The number of hydrogen-bond acceptors (Lipinski definition) is 4. The van der Waals surface area contributed by atoms with Crippen LogP contribution in [0.1, 0.15) is 28.7 Å². The van der Waals surface area contributed by atoms with Crippen LogP contribution >= 0.6 is 0 Å². The van der Waals surface area contributed by atoms with Crippen LogP contribution < -0.4 is 5.32 Å². The van der Waals surface area contributed by atoms with Gasteiger partial charge in [0.25, 0.3) is 5.91 Å². The average Bonchev–Trinajstić information content (AvgIpc) is 2.28. The summed E-state index contributed by atoms with van der Waals surface area (Å²) in [6.07, 6.45) is 0. The van der Waals surface area contributed by atoms with Crippen molar-refractivity contribution in [1.82, 2.24) is 10.3 Å². The van der Waals surface area contributed by atoms with Crippen molar-refractivity contribution < 1.29 is 15.0 Å². The van der Waals surface area contributed by atoms with Crippen molar-refractivity contribution in [3.8, 4) is 0 Å². The minimum absolute atomic E-state index is 0.326. The molecule has 0 saturated carbocycles. The van der Waals surface area contributed by atoms with E-state index in [9.17, 15) is 4.79 Å². The van der Waals surface area contributed by atoms with Crippen molar-refractivity contribution in [2.75, 3.05) is 13.2 Å². The highest BCUT2D eigenvalue weighted by atomic mass is 16.3. The fourth-order valence-electron chi connectivity index (χ4n) is 1.40. The molecule has 5 nitrogen and oxygen atoms in total. The fraction of sp³-hybridized carbons (Fsp3) is 0.500. The first-order valence-electron chi connectivity index (χ1n) is 5.40. The number of amides is 1. The van der Waals surface area contributed by atoms with Crippen LogP contribution in [0.15, 0.2) is 12.1 Å². The van der Waals surface area contributed by atoms with Crippen molar-refractivity contribution in [2.24, 2.45) is 0 Å². The lowest BCUT2D eigenvalue weighted by Crippen LogP contribution is -2.51. The van der Waals surface area contributed by atoms with Gasteiger partial charge in [-0.3, -0.25) is 9.78 Å². The summed E-state index contributed by atoms with van der Waals surface area (Å²) in [6, 6.07) is 3.43. The van der Waals surface area contributed by atoms with E-state index in [-0.39, 0.29) is 19.1 Å². The second-order valence-electron chi connectivity index (χ2n) is 4.42. The smallest absolute Gasteiger partial charge is 0.253 e. The van der Waals surface area contributed by atoms with E-state index >= 15 is 0 Å². The van der Waals surface area contributed by atoms with Gasteiger partial charge in [0.05, 0.1) is 30.0 Å². The number of carbonyl (C=O) groups excluding carboxylic acids is 1. The fourth-order valence-corrected chi connectivity index (χ4v) is 1.40. The van der Waals surface area contributed by atoms with Crippen LogP contribution in [-0.2, 0) is 0 Å². The Morgan fingerprint density at radius 2 is 1.94 bits per heavy atom. The molecular formula is C12H18N2O3. The number of nitrogens with zero attached hydrogens (tertiary/aromatic N) is 1. The molecular weight excluding hydrogens is 220 g/mol. The molecule has 17 heavy (non-hydrogen) atoms. The van der Waals surface area contributed by atoms with E-state index in [4.69, 9.17) is 10.2 Å². The first kappa shape index (κ1) is 13.6. The molecule has 0 fully saturated rings. The van der Waals surface area contributed by atoms with E-state index < -0.39 is 5.54 Å². The van der Waals surface area contributed by atoms with Crippen LogP contribution in [-0.4, -0.2) is 39.9 Å². The zero-order chi connectivity index (χ0) is 13.1. The molecule has 0 saturated heterocycles. The second-order valence-corrected chi connectivity index (χ2v) is 4.42. The quantitative estimate of drug-likeness (QED) is 0.698. The summed E-state index contributed by atoms with van der Waals surface area (Å²) >= 11 is 0. The van der Waals surface area contributed by atoms with Crippen LogP contribution in [0.25, 0.3) is 0 Å². The highest BCUT2D eigenvalue weighted by Gasteiger charge is 2.25. The molecule has 1 rings (SSSR count). The molecule has 1 heterocycles. The number of rotatable bonds is 4. The largest absolute Gasteiger partial charge is 0.394 e. The Morgan fingerprint density at radius 3 is 2.41 bits per heavy atom. The normalized spacial score (nSPS) is 11.4. The average molecular weight is 238 g/mol. The van der Waals surface area contributed by atoms with Crippen LogP contribution in [0.2, 0.25) is 0 Å². The van der Waals surface area contributed by atoms with Gasteiger partial charge < -0.3 is 15.5 Å². The molecule has 0 aliphatic heterocycles. The second kappa shape index (κ2) is 5.25. The SMILES string of the molecule is Cc1ccc(C(=O)NC(C)(CO)CO)c(C)n1. The Balaban J connectivity index is 2.90. The third kappa shape index (κ3) is 3.25. The van der Waals surface area contributed by atoms with Crippen molar-refractivity contribution in [2.45, 2.75) is 26.3 Å². The zero-order valence-corrected chi connectivity index (χ0v) is 10.3. The topological polar surface area (TPSA) is 82.5 Å². The van der Waals surface area contributed by atoms with E-state index in [1.807, 2.05) is 6.92 Å². The Kier molecular flexibility index (Phi) is 4.20. The molecule has 0 atom stereocenters. The molecule has 0 aromatic carbocycles. The summed E-state index contributed by atoms with van der Waals surface area (Å²) in [4.78, 5) is 16.1. The molecule has 0 aliphatic carbocycles. The Labute approximate surface area is 101 Å². The number of pyridine rings is 1. The van der Waals surface area contributed by atoms with Gasteiger partial charge in [0.1, 0.15) is 0 Å². The van der Waals surface area contributed by atoms with E-state index in [1.54, 1.807) is 26.0 Å². The van der Waals surface area contributed by atoms with E-state index in [0.717, 1.165) is 5.69 Å². The predicted molar refractivity (Wildman–Crippen MR) is 63.8 cm³/mol. The highest BCUT2D eigenvalue weighted by molar-refractivity contribution is 5.95. The van der Waals surface area contributed by atoms with E-state index in [2.05, 4.69) is 10.3 Å².